The van der Waals surface area contributed by atoms with Gasteiger partial charge in [0.1, 0.15) is 0 Å². The number of nitrogens with one attached hydrogen (secondary N) is 1. The molecular formula is C28H37N5O6S2. The lowest BCUT2D eigenvalue weighted by Crippen LogP contribution is -2.50. The lowest BCUT2D eigenvalue weighted by molar-refractivity contribution is 0.0637. The van der Waals surface area contributed by atoms with Gasteiger partial charge in [-0.2, -0.15) is 8.61 Å². The van der Waals surface area contributed by atoms with Crippen LogP contribution < -0.4 is 5.32 Å². The second-order valence-electron chi connectivity index (χ2n) is 10.7. The number of rotatable bonds is 9. The molecule has 2 aromatic carbocycles. The van der Waals surface area contributed by atoms with Crippen LogP contribution in [0.25, 0.3) is 0 Å². The number of amides is 2. The van der Waals surface area contributed by atoms with Crippen LogP contribution in [0.1, 0.15) is 46.4 Å². The topological polar surface area (TPSA) is 127 Å². The summed E-state index contributed by atoms with van der Waals surface area (Å²) in [5.74, 6) is -0.527. The van der Waals surface area contributed by atoms with Gasteiger partial charge in [0, 0.05) is 76.6 Å². The van der Waals surface area contributed by atoms with Gasteiger partial charge in [-0.05, 0) is 62.1 Å². The highest BCUT2D eigenvalue weighted by Gasteiger charge is 2.30. The van der Waals surface area contributed by atoms with Crippen LogP contribution in [0.5, 0.6) is 0 Å². The minimum absolute atomic E-state index is 0.132. The molecule has 0 unspecified atom stereocenters. The molecule has 3 aliphatic heterocycles. The van der Waals surface area contributed by atoms with Crippen LogP contribution >= 0.6 is 0 Å². The van der Waals surface area contributed by atoms with Crippen molar-refractivity contribution >= 4 is 31.9 Å². The third-order valence-corrected chi connectivity index (χ3v) is 11.7. The van der Waals surface area contributed by atoms with E-state index in [0.717, 1.165) is 25.7 Å². The molecule has 2 aromatic rings. The minimum Gasteiger partial charge on any atom is -0.351 e. The zero-order chi connectivity index (χ0) is 29.0. The normalized spacial score (nSPS) is 19.5. The molecule has 3 fully saturated rings. The third-order valence-electron chi connectivity index (χ3n) is 7.96. The third kappa shape index (κ3) is 6.64. The first-order chi connectivity index (χ1) is 19.7. The van der Waals surface area contributed by atoms with Crippen LogP contribution in [0.2, 0.25) is 0 Å². The van der Waals surface area contributed by atoms with Crippen molar-refractivity contribution < 1.29 is 26.4 Å². The number of carbonyl (C=O) groups excluding carboxylic acids is 2. The minimum atomic E-state index is -3.60. The molecule has 3 saturated heterocycles. The Hall–Kier alpha value is -2.84. The van der Waals surface area contributed by atoms with Gasteiger partial charge in [0.25, 0.3) is 11.8 Å². The molecule has 222 valence electrons. The summed E-state index contributed by atoms with van der Waals surface area (Å²) >= 11 is 0. The van der Waals surface area contributed by atoms with E-state index in [2.05, 4.69) is 10.2 Å². The molecule has 0 aliphatic carbocycles. The van der Waals surface area contributed by atoms with E-state index in [9.17, 15) is 26.4 Å². The van der Waals surface area contributed by atoms with Gasteiger partial charge in [0.15, 0.2) is 0 Å². The van der Waals surface area contributed by atoms with E-state index < -0.39 is 20.0 Å². The lowest BCUT2D eigenvalue weighted by Gasteiger charge is -2.34. The summed E-state index contributed by atoms with van der Waals surface area (Å²) in [6.07, 6.45) is 3.39. The maximum Gasteiger partial charge on any atom is 0.253 e. The van der Waals surface area contributed by atoms with E-state index in [-0.39, 0.29) is 21.6 Å². The zero-order valence-corrected chi connectivity index (χ0v) is 24.7. The summed E-state index contributed by atoms with van der Waals surface area (Å²) in [6, 6.07) is 12.4. The molecule has 0 spiro atoms. The van der Waals surface area contributed by atoms with Crippen molar-refractivity contribution in [2.75, 3.05) is 65.4 Å². The fourth-order valence-corrected chi connectivity index (χ4v) is 8.66. The lowest BCUT2D eigenvalue weighted by atomic mass is 10.2. The molecule has 0 radical (unpaired) electrons. The van der Waals surface area contributed by atoms with Crippen LogP contribution in [0.4, 0.5) is 0 Å². The Morgan fingerprint density at radius 1 is 0.659 bits per heavy atom. The first-order valence-electron chi connectivity index (χ1n) is 14.2. The van der Waals surface area contributed by atoms with Crippen LogP contribution in [-0.4, -0.2) is 113 Å². The zero-order valence-electron chi connectivity index (χ0n) is 23.1. The van der Waals surface area contributed by atoms with Crippen molar-refractivity contribution in [1.29, 1.82) is 0 Å². The van der Waals surface area contributed by atoms with Crippen molar-refractivity contribution in [3.8, 4) is 0 Å². The average molecular weight is 604 g/mol. The maximum absolute atomic E-state index is 13.1. The average Bonchev–Trinajstić information content (AvgIpc) is 3.73. The Kier molecular flexibility index (Phi) is 9.09. The van der Waals surface area contributed by atoms with Crippen molar-refractivity contribution in [3.63, 3.8) is 0 Å². The van der Waals surface area contributed by atoms with Gasteiger partial charge in [-0.15, -0.1) is 0 Å². The molecule has 0 saturated carbocycles. The predicted octanol–water partition coefficient (Wildman–Crippen LogP) is 1.44. The summed E-state index contributed by atoms with van der Waals surface area (Å²) in [7, 11) is -7.20. The number of hydrogen-bond donors (Lipinski definition) is 1. The predicted molar refractivity (Wildman–Crippen MR) is 154 cm³/mol. The van der Waals surface area contributed by atoms with E-state index in [1.54, 1.807) is 35.2 Å². The van der Waals surface area contributed by atoms with E-state index >= 15 is 0 Å². The van der Waals surface area contributed by atoms with Crippen molar-refractivity contribution in [1.82, 2.24) is 23.7 Å². The van der Waals surface area contributed by atoms with E-state index in [0.29, 0.717) is 76.6 Å². The fraction of sp³-hybridized carbons (Fsp3) is 0.500. The highest BCUT2D eigenvalue weighted by molar-refractivity contribution is 7.89. The SMILES string of the molecule is O=C(NCCN1CCN(C(=O)c2cccc(S(=O)(=O)N3CCCC3)c2)CC1)c1cccc(S(=O)(=O)N2CCCC2)c1. The molecular weight excluding hydrogens is 566 g/mol. The number of nitrogens with zero attached hydrogens (tertiary/aromatic N) is 4. The number of carbonyl (C=O) groups is 2. The largest absolute Gasteiger partial charge is 0.351 e. The number of benzene rings is 2. The summed E-state index contributed by atoms with van der Waals surface area (Å²) in [4.78, 5) is 30.0. The number of sulfonamides is 2. The van der Waals surface area contributed by atoms with E-state index in [4.69, 9.17) is 0 Å². The van der Waals surface area contributed by atoms with Gasteiger partial charge in [-0.1, -0.05) is 12.1 Å². The first-order valence-corrected chi connectivity index (χ1v) is 17.0. The number of hydrogen-bond acceptors (Lipinski definition) is 7. The Labute approximate surface area is 242 Å². The van der Waals surface area contributed by atoms with Crippen LogP contribution in [0, 0.1) is 0 Å². The Morgan fingerprint density at radius 2 is 1.15 bits per heavy atom. The molecule has 2 amide bonds. The quantitative estimate of drug-likeness (QED) is 0.460. The molecule has 3 heterocycles. The van der Waals surface area contributed by atoms with Gasteiger partial charge in [-0.25, -0.2) is 16.8 Å². The monoisotopic (exact) mass is 603 g/mol. The molecule has 5 rings (SSSR count). The molecule has 11 nitrogen and oxygen atoms in total. The standard InChI is InChI=1S/C28H37N5O6S2/c34-27(23-7-5-9-25(21-23)40(36,37)32-12-1-2-13-32)29-11-16-30-17-19-31(20-18-30)28(35)24-8-6-10-26(22-24)41(38,39)33-14-3-4-15-33/h5-10,21-22H,1-4,11-20H2,(H,29,34). The second-order valence-corrected chi connectivity index (χ2v) is 14.5. The molecule has 0 bridgehead atoms. The number of piperazine rings is 1. The molecule has 0 aromatic heterocycles. The van der Waals surface area contributed by atoms with Crippen molar-refractivity contribution in [2.24, 2.45) is 0 Å². The highest BCUT2D eigenvalue weighted by Crippen LogP contribution is 2.23. The van der Waals surface area contributed by atoms with Crippen molar-refractivity contribution in [2.45, 2.75) is 35.5 Å². The van der Waals surface area contributed by atoms with E-state index in [1.807, 2.05) is 0 Å². The summed E-state index contributed by atoms with van der Waals surface area (Å²) in [6.45, 7) is 5.23. The smallest absolute Gasteiger partial charge is 0.253 e. The summed E-state index contributed by atoms with van der Waals surface area (Å²) in [5.41, 5.74) is 0.662. The van der Waals surface area contributed by atoms with Crippen molar-refractivity contribution in [3.05, 3.63) is 59.7 Å². The highest BCUT2D eigenvalue weighted by atomic mass is 32.2. The first kappa shape index (κ1) is 29.6. The van der Waals surface area contributed by atoms with Crippen LogP contribution in [0.3, 0.4) is 0 Å². The molecule has 0 atom stereocenters. The summed E-state index contributed by atoms with van der Waals surface area (Å²) in [5, 5.41) is 2.87. The van der Waals surface area contributed by atoms with Gasteiger partial charge in [-0.3, -0.25) is 14.5 Å². The Bertz CT molecular complexity index is 1470. The molecule has 1 N–H and O–H groups in total. The molecule has 13 heteroatoms. The van der Waals surface area contributed by atoms with Gasteiger partial charge < -0.3 is 10.2 Å². The van der Waals surface area contributed by atoms with Crippen LogP contribution in [-0.2, 0) is 20.0 Å². The van der Waals surface area contributed by atoms with Gasteiger partial charge in [0.05, 0.1) is 9.79 Å². The molecule has 41 heavy (non-hydrogen) atoms. The Balaban J connectivity index is 1.10. The second kappa shape index (κ2) is 12.6. The summed E-state index contributed by atoms with van der Waals surface area (Å²) < 4.78 is 54.5. The molecule has 3 aliphatic rings. The van der Waals surface area contributed by atoms with Crippen LogP contribution in [0.15, 0.2) is 58.3 Å². The fourth-order valence-electron chi connectivity index (χ4n) is 5.53. The van der Waals surface area contributed by atoms with Gasteiger partial charge in [0.2, 0.25) is 20.0 Å². The maximum atomic E-state index is 13.1. The van der Waals surface area contributed by atoms with Gasteiger partial charge >= 0.3 is 0 Å². The van der Waals surface area contributed by atoms with E-state index in [1.165, 1.54) is 26.8 Å². The Morgan fingerprint density at radius 3 is 1.68 bits per heavy atom.